The molecule has 0 spiro atoms. The second-order valence-electron chi connectivity index (χ2n) is 6.88. The molecule has 3 heterocycles. The Balaban J connectivity index is 1.55. The molecule has 144 valence electrons. The van der Waals surface area contributed by atoms with Gasteiger partial charge < -0.3 is 14.1 Å². The molecule has 1 amide bonds. The van der Waals surface area contributed by atoms with Gasteiger partial charge in [-0.05, 0) is 37.5 Å². The van der Waals surface area contributed by atoms with E-state index in [4.69, 9.17) is 9.15 Å². The van der Waals surface area contributed by atoms with Crippen LogP contribution in [0.2, 0.25) is 0 Å². The Hall–Kier alpha value is -3.15. The van der Waals surface area contributed by atoms with E-state index in [1.807, 2.05) is 41.3 Å². The van der Waals surface area contributed by atoms with Gasteiger partial charge in [0.15, 0.2) is 0 Å². The van der Waals surface area contributed by atoms with Gasteiger partial charge in [0, 0.05) is 24.7 Å². The molecule has 0 radical (unpaired) electrons. The molecule has 6 nitrogen and oxygen atoms in total. The maximum atomic E-state index is 12.9. The topological polar surface area (TPSA) is 68.5 Å². The standard InChI is InChI=1S/C22H23N3O3/c1-27-20-11-3-2-8-16(20)14-17-15-24-21(28-17)19-10-5-7-13-25(19)22(26)18-9-4-6-12-23-18/h2-4,6,8-9,11-12,15,19H,5,7,10,13-14H2,1H3/t19-/m1/s1. The van der Waals surface area contributed by atoms with E-state index < -0.39 is 0 Å². The average molecular weight is 377 g/mol. The van der Waals surface area contributed by atoms with Crippen molar-refractivity contribution in [1.29, 1.82) is 0 Å². The third kappa shape index (κ3) is 3.76. The van der Waals surface area contributed by atoms with Gasteiger partial charge in [0.25, 0.3) is 5.91 Å². The fraction of sp³-hybridized carbons (Fsp3) is 0.318. The van der Waals surface area contributed by atoms with E-state index >= 15 is 0 Å². The number of piperidine rings is 1. The number of methoxy groups -OCH3 is 1. The van der Waals surface area contributed by atoms with Crippen LogP contribution in [0.4, 0.5) is 0 Å². The van der Waals surface area contributed by atoms with Crippen molar-refractivity contribution in [3.63, 3.8) is 0 Å². The number of rotatable bonds is 5. The monoisotopic (exact) mass is 377 g/mol. The first-order chi connectivity index (χ1) is 13.8. The summed E-state index contributed by atoms with van der Waals surface area (Å²) in [5, 5.41) is 0. The van der Waals surface area contributed by atoms with Crippen LogP contribution in [0.15, 0.2) is 59.3 Å². The largest absolute Gasteiger partial charge is 0.496 e. The molecular formula is C22H23N3O3. The van der Waals surface area contributed by atoms with Gasteiger partial charge in [0.05, 0.1) is 13.3 Å². The highest BCUT2D eigenvalue weighted by atomic mass is 16.5. The van der Waals surface area contributed by atoms with Crippen LogP contribution in [0, 0.1) is 0 Å². The fourth-order valence-electron chi connectivity index (χ4n) is 3.66. The third-order valence-electron chi connectivity index (χ3n) is 5.06. The molecule has 0 N–H and O–H groups in total. The second kappa shape index (κ2) is 8.25. The minimum atomic E-state index is -0.158. The van der Waals surface area contributed by atoms with Gasteiger partial charge in [-0.3, -0.25) is 9.78 Å². The molecule has 28 heavy (non-hydrogen) atoms. The lowest BCUT2D eigenvalue weighted by Gasteiger charge is -2.33. The molecule has 0 saturated carbocycles. The summed E-state index contributed by atoms with van der Waals surface area (Å²) in [5.41, 5.74) is 1.49. The molecule has 6 heteroatoms. The summed E-state index contributed by atoms with van der Waals surface area (Å²) >= 11 is 0. The predicted octanol–water partition coefficient (Wildman–Crippen LogP) is 4.04. The molecule has 0 aliphatic carbocycles. The predicted molar refractivity (Wildman–Crippen MR) is 104 cm³/mol. The molecule has 4 rings (SSSR count). The van der Waals surface area contributed by atoms with Crippen LogP contribution >= 0.6 is 0 Å². The lowest BCUT2D eigenvalue weighted by Crippen LogP contribution is -2.39. The number of ether oxygens (including phenoxy) is 1. The number of benzene rings is 1. The fourth-order valence-corrected chi connectivity index (χ4v) is 3.66. The summed E-state index contributed by atoms with van der Waals surface area (Å²) in [6, 6.07) is 13.1. The zero-order valence-corrected chi connectivity index (χ0v) is 15.9. The van der Waals surface area contributed by atoms with E-state index in [-0.39, 0.29) is 11.9 Å². The molecular weight excluding hydrogens is 354 g/mol. The quantitative estimate of drug-likeness (QED) is 0.671. The van der Waals surface area contributed by atoms with E-state index in [1.165, 1.54) is 0 Å². The van der Waals surface area contributed by atoms with Gasteiger partial charge in [0.1, 0.15) is 23.2 Å². The Morgan fingerprint density at radius 3 is 2.86 bits per heavy atom. The van der Waals surface area contributed by atoms with Gasteiger partial charge in [-0.15, -0.1) is 0 Å². The minimum absolute atomic E-state index is 0.0743. The zero-order valence-electron chi connectivity index (χ0n) is 15.9. The van der Waals surface area contributed by atoms with Crippen LogP contribution in [0.5, 0.6) is 5.75 Å². The molecule has 0 bridgehead atoms. The highest BCUT2D eigenvalue weighted by Crippen LogP contribution is 2.32. The number of carbonyl (C=O) groups is 1. The first kappa shape index (κ1) is 18.2. The lowest BCUT2D eigenvalue weighted by molar-refractivity contribution is 0.0564. The van der Waals surface area contributed by atoms with Gasteiger partial charge in [-0.2, -0.15) is 0 Å². The lowest BCUT2D eigenvalue weighted by atomic mass is 10.0. The van der Waals surface area contributed by atoms with E-state index in [0.717, 1.165) is 36.3 Å². The number of pyridine rings is 1. The summed E-state index contributed by atoms with van der Waals surface area (Å²) in [5.74, 6) is 2.10. The van der Waals surface area contributed by atoms with Crippen molar-refractivity contribution in [2.75, 3.05) is 13.7 Å². The summed E-state index contributed by atoms with van der Waals surface area (Å²) in [4.78, 5) is 23.5. The van der Waals surface area contributed by atoms with Crippen LogP contribution in [0.25, 0.3) is 0 Å². The minimum Gasteiger partial charge on any atom is -0.496 e. The number of hydrogen-bond donors (Lipinski definition) is 0. The van der Waals surface area contributed by atoms with Crippen molar-refractivity contribution in [3.05, 3.63) is 77.8 Å². The van der Waals surface area contributed by atoms with Gasteiger partial charge >= 0.3 is 0 Å². The maximum Gasteiger partial charge on any atom is 0.273 e. The van der Waals surface area contributed by atoms with Crippen LogP contribution in [0.1, 0.15) is 53.0 Å². The number of para-hydroxylation sites is 1. The number of likely N-dealkylation sites (tertiary alicyclic amines) is 1. The molecule has 1 aliphatic heterocycles. The van der Waals surface area contributed by atoms with E-state index in [2.05, 4.69) is 9.97 Å². The van der Waals surface area contributed by atoms with Crippen LogP contribution < -0.4 is 4.74 Å². The second-order valence-corrected chi connectivity index (χ2v) is 6.88. The molecule has 1 aliphatic rings. The highest BCUT2D eigenvalue weighted by molar-refractivity contribution is 5.92. The smallest absolute Gasteiger partial charge is 0.273 e. The molecule has 2 aromatic heterocycles. The Morgan fingerprint density at radius 2 is 2.04 bits per heavy atom. The van der Waals surface area contributed by atoms with Gasteiger partial charge in [-0.25, -0.2) is 4.98 Å². The Labute approximate surface area is 164 Å². The molecule has 3 aromatic rings. The van der Waals surface area contributed by atoms with Crippen molar-refractivity contribution in [1.82, 2.24) is 14.9 Å². The van der Waals surface area contributed by atoms with Crippen molar-refractivity contribution >= 4 is 5.91 Å². The number of nitrogens with zero attached hydrogens (tertiary/aromatic N) is 3. The zero-order chi connectivity index (χ0) is 19.3. The van der Waals surface area contributed by atoms with Gasteiger partial charge in [-0.1, -0.05) is 24.3 Å². The molecule has 0 unspecified atom stereocenters. The Kier molecular flexibility index (Phi) is 5.37. The molecule has 1 saturated heterocycles. The van der Waals surface area contributed by atoms with Crippen LogP contribution in [0.3, 0.4) is 0 Å². The van der Waals surface area contributed by atoms with Crippen molar-refractivity contribution in [3.8, 4) is 5.75 Å². The SMILES string of the molecule is COc1ccccc1Cc1cnc([C@H]2CCCCN2C(=O)c2ccccn2)o1. The van der Waals surface area contributed by atoms with Crippen molar-refractivity contribution in [2.24, 2.45) is 0 Å². The normalized spacial score (nSPS) is 16.8. The Morgan fingerprint density at radius 1 is 1.18 bits per heavy atom. The Bertz CT molecular complexity index is 939. The molecule has 1 atom stereocenters. The first-order valence-electron chi connectivity index (χ1n) is 9.55. The maximum absolute atomic E-state index is 12.9. The number of carbonyl (C=O) groups excluding carboxylic acids is 1. The number of amides is 1. The van der Waals surface area contributed by atoms with Crippen molar-refractivity contribution < 1.29 is 13.9 Å². The van der Waals surface area contributed by atoms with Crippen LogP contribution in [-0.2, 0) is 6.42 Å². The average Bonchev–Trinajstić information content (AvgIpc) is 3.22. The summed E-state index contributed by atoms with van der Waals surface area (Å²) in [7, 11) is 1.66. The van der Waals surface area contributed by atoms with Gasteiger partial charge in [0.2, 0.25) is 5.89 Å². The first-order valence-corrected chi connectivity index (χ1v) is 9.55. The highest BCUT2D eigenvalue weighted by Gasteiger charge is 2.32. The van der Waals surface area contributed by atoms with E-state index in [9.17, 15) is 4.79 Å². The van der Waals surface area contributed by atoms with Crippen LogP contribution in [-0.4, -0.2) is 34.4 Å². The molecule has 1 aromatic carbocycles. The summed E-state index contributed by atoms with van der Waals surface area (Å²) in [6.45, 7) is 0.685. The van der Waals surface area contributed by atoms with E-state index in [0.29, 0.717) is 24.6 Å². The van der Waals surface area contributed by atoms with E-state index in [1.54, 1.807) is 25.6 Å². The number of aromatic nitrogens is 2. The number of hydrogen-bond acceptors (Lipinski definition) is 5. The third-order valence-corrected chi connectivity index (χ3v) is 5.06. The summed E-state index contributed by atoms with van der Waals surface area (Å²) < 4.78 is 11.5. The molecule has 1 fully saturated rings. The number of oxazole rings is 1. The van der Waals surface area contributed by atoms with Crippen molar-refractivity contribution in [2.45, 2.75) is 31.7 Å². The summed E-state index contributed by atoms with van der Waals surface area (Å²) in [6.07, 6.45) is 6.85.